The van der Waals surface area contributed by atoms with Crippen LogP contribution in [0.3, 0.4) is 0 Å². The summed E-state index contributed by atoms with van der Waals surface area (Å²) < 4.78 is 10.9. The van der Waals surface area contributed by atoms with Gasteiger partial charge in [0.15, 0.2) is 6.61 Å². The largest absolute Gasteiger partial charge is 0.484 e. The molecule has 1 aliphatic heterocycles. The number of morpholine rings is 1. The summed E-state index contributed by atoms with van der Waals surface area (Å²) in [6, 6.07) is 15.5. The summed E-state index contributed by atoms with van der Waals surface area (Å²) in [6.45, 7) is 2.50. The topological polar surface area (TPSA) is 67.5 Å². The molecule has 1 aliphatic rings. The second kappa shape index (κ2) is 6.94. The van der Waals surface area contributed by atoms with Crippen LogP contribution in [0.5, 0.6) is 5.75 Å². The number of benzene rings is 2. The second-order valence-corrected chi connectivity index (χ2v) is 5.91. The molecule has 0 aliphatic carbocycles. The van der Waals surface area contributed by atoms with Crippen LogP contribution in [0.1, 0.15) is 0 Å². The number of nitrogens with one attached hydrogen (secondary N) is 1. The van der Waals surface area contributed by atoms with Gasteiger partial charge in [-0.25, -0.2) is 4.98 Å². The number of hydrogen-bond donors (Lipinski definition) is 1. The number of nitrogens with zero attached hydrogens (tertiary/aromatic N) is 2. The van der Waals surface area contributed by atoms with Gasteiger partial charge in [0.1, 0.15) is 11.6 Å². The van der Waals surface area contributed by atoms with E-state index in [1.165, 1.54) is 0 Å². The molecule has 0 unspecified atom stereocenters. The van der Waals surface area contributed by atoms with Gasteiger partial charge in [0.05, 0.1) is 24.2 Å². The molecule has 0 saturated carbocycles. The lowest BCUT2D eigenvalue weighted by molar-refractivity contribution is -0.137. The number of hydrogen-bond acceptors (Lipinski definition) is 4. The number of aromatic amines is 1. The van der Waals surface area contributed by atoms with Gasteiger partial charge in [0.2, 0.25) is 0 Å². The average molecular weight is 337 g/mol. The van der Waals surface area contributed by atoms with Crippen LogP contribution in [0.15, 0.2) is 48.5 Å². The van der Waals surface area contributed by atoms with Gasteiger partial charge in [-0.15, -0.1) is 0 Å². The van der Waals surface area contributed by atoms with Crippen molar-refractivity contribution < 1.29 is 14.3 Å². The van der Waals surface area contributed by atoms with E-state index in [1.807, 2.05) is 48.5 Å². The summed E-state index contributed by atoms with van der Waals surface area (Å²) in [5.74, 6) is 1.48. The standard InChI is InChI=1S/C19H19N3O3/c23-18(22-9-11-24-12-10-22)13-25-15-7-5-14(6-8-15)19-20-16-3-1-2-4-17(16)21-19/h1-8H,9-13H2,(H,20,21). The third-order valence-corrected chi connectivity index (χ3v) is 4.24. The van der Waals surface area contributed by atoms with Crippen molar-refractivity contribution in [1.29, 1.82) is 0 Å². The van der Waals surface area contributed by atoms with E-state index >= 15 is 0 Å². The maximum Gasteiger partial charge on any atom is 0.260 e. The van der Waals surface area contributed by atoms with E-state index in [2.05, 4.69) is 9.97 Å². The predicted octanol–water partition coefficient (Wildman–Crippen LogP) is 2.47. The summed E-state index contributed by atoms with van der Waals surface area (Å²) in [6.07, 6.45) is 0. The molecule has 3 aromatic rings. The first-order chi connectivity index (χ1) is 12.3. The third-order valence-electron chi connectivity index (χ3n) is 4.24. The van der Waals surface area contributed by atoms with Gasteiger partial charge >= 0.3 is 0 Å². The lowest BCUT2D eigenvalue weighted by atomic mass is 10.2. The quantitative estimate of drug-likeness (QED) is 0.794. The fourth-order valence-electron chi connectivity index (χ4n) is 2.85. The lowest BCUT2D eigenvalue weighted by Gasteiger charge is -2.26. The van der Waals surface area contributed by atoms with Crippen LogP contribution in [0.4, 0.5) is 0 Å². The summed E-state index contributed by atoms with van der Waals surface area (Å²) in [7, 11) is 0. The first kappa shape index (κ1) is 15.7. The van der Waals surface area contributed by atoms with Crippen LogP contribution in [-0.2, 0) is 9.53 Å². The van der Waals surface area contributed by atoms with Crippen LogP contribution in [0.25, 0.3) is 22.4 Å². The fraction of sp³-hybridized carbons (Fsp3) is 0.263. The number of rotatable bonds is 4. The normalized spacial score (nSPS) is 14.6. The molecular weight excluding hydrogens is 318 g/mol. The molecule has 6 nitrogen and oxygen atoms in total. The summed E-state index contributed by atoms with van der Waals surface area (Å²) in [4.78, 5) is 21.7. The van der Waals surface area contributed by atoms with Crippen molar-refractivity contribution in [3.63, 3.8) is 0 Å². The Hall–Kier alpha value is -2.86. The number of H-pyrrole nitrogens is 1. The Bertz CT molecular complexity index is 834. The monoisotopic (exact) mass is 337 g/mol. The highest BCUT2D eigenvalue weighted by atomic mass is 16.5. The molecule has 1 aromatic heterocycles. The smallest absolute Gasteiger partial charge is 0.260 e. The Morgan fingerprint density at radius 1 is 1.12 bits per heavy atom. The predicted molar refractivity (Wildman–Crippen MR) is 94.4 cm³/mol. The number of ether oxygens (including phenoxy) is 2. The SMILES string of the molecule is O=C(COc1ccc(-c2nc3ccccc3[nH]2)cc1)N1CCOCC1. The highest BCUT2D eigenvalue weighted by Crippen LogP contribution is 2.22. The summed E-state index contributed by atoms with van der Waals surface area (Å²) in [5, 5.41) is 0. The molecule has 128 valence electrons. The number of para-hydroxylation sites is 2. The van der Waals surface area contributed by atoms with E-state index in [0.717, 1.165) is 22.4 Å². The third kappa shape index (κ3) is 3.49. The Morgan fingerprint density at radius 2 is 1.88 bits per heavy atom. The highest BCUT2D eigenvalue weighted by Gasteiger charge is 2.17. The summed E-state index contributed by atoms with van der Waals surface area (Å²) >= 11 is 0. The lowest BCUT2D eigenvalue weighted by Crippen LogP contribution is -2.42. The van der Waals surface area contributed by atoms with Crippen molar-refractivity contribution in [2.75, 3.05) is 32.9 Å². The number of carbonyl (C=O) groups excluding carboxylic acids is 1. The summed E-state index contributed by atoms with van der Waals surface area (Å²) in [5.41, 5.74) is 2.92. The number of imidazole rings is 1. The number of carbonyl (C=O) groups is 1. The van der Waals surface area contributed by atoms with Gasteiger partial charge in [-0.1, -0.05) is 12.1 Å². The van der Waals surface area contributed by atoms with Crippen molar-refractivity contribution in [2.45, 2.75) is 0 Å². The Labute approximate surface area is 145 Å². The molecule has 0 atom stereocenters. The molecule has 1 saturated heterocycles. The molecule has 1 amide bonds. The van der Waals surface area contributed by atoms with Gasteiger partial charge in [-0.2, -0.15) is 0 Å². The van der Waals surface area contributed by atoms with E-state index in [-0.39, 0.29) is 12.5 Å². The van der Waals surface area contributed by atoms with Crippen LogP contribution in [0.2, 0.25) is 0 Å². The van der Waals surface area contributed by atoms with Crippen molar-refractivity contribution in [3.8, 4) is 17.1 Å². The molecule has 0 spiro atoms. The molecule has 1 fully saturated rings. The number of fused-ring (bicyclic) bond motifs is 1. The average Bonchev–Trinajstić information content (AvgIpc) is 3.11. The maximum absolute atomic E-state index is 12.1. The maximum atomic E-state index is 12.1. The van der Waals surface area contributed by atoms with Gasteiger partial charge in [-0.05, 0) is 36.4 Å². The van der Waals surface area contributed by atoms with Crippen LogP contribution >= 0.6 is 0 Å². The zero-order chi connectivity index (χ0) is 17.1. The van der Waals surface area contributed by atoms with E-state index in [1.54, 1.807) is 4.90 Å². The fourth-order valence-corrected chi connectivity index (χ4v) is 2.85. The van der Waals surface area contributed by atoms with Crippen molar-refractivity contribution in [1.82, 2.24) is 14.9 Å². The first-order valence-electron chi connectivity index (χ1n) is 8.33. The molecule has 2 heterocycles. The Balaban J connectivity index is 1.40. The van der Waals surface area contributed by atoms with Crippen molar-refractivity contribution in [2.24, 2.45) is 0 Å². The van der Waals surface area contributed by atoms with Crippen molar-refractivity contribution >= 4 is 16.9 Å². The zero-order valence-corrected chi connectivity index (χ0v) is 13.8. The Morgan fingerprint density at radius 3 is 2.64 bits per heavy atom. The molecular formula is C19H19N3O3. The molecule has 25 heavy (non-hydrogen) atoms. The molecule has 2 aromatic carbocycles. The van der Waals surface area contributed by atoms with Gasteiger partial charge in [0, 0.05) is 18.7 Å². The number of amides is 1. The molecule has 0 bridgehead atoms. The van der Waals surface area contributed by atoms with Crippen molar-refractivity contribution in [3.05, 3.63) is 48.5 Å². The Kier molecular flexibility index (Phi) is 4.35. The van der Waals surface area contributed by atoms with Gasteiger partial charge in [-0.3, -0.25) is 4.79 Å². The minimum atomic E-state index is -0.00957. The van der Waals surface area contributed by atoms with E-state index < -0.39 is 0 Å². The van der Waals surface area contributed by atoms with E-state index in [9.17, 15) is 4.79 Å². The second-order valence-electron chi connectivity index (χ2n) is 5.91. The minimum Gasteiger partial charge on any atom is -0.484 e. The van der Waals surface area contributed by atoms with Crippen LogP contribution in [0, 0.1) is 0 Å². The molecule has 4 rings (SSSR count). The minimum absolute atomic E-state index is 0.00957. The highest BCUT2D eigenvalue weighted by molar-refractivity contribution is 5.79. The first-order valence-corrected chi connectivity index (χ1v) is 8.33. The number of aromatic nitrogens is 2. The molecule has 0 radical (unpaired) electrons. The van der Waals surface area contributed by atoms with E-state index in [0.29, 0.717) is 32.1 Å². The van der Waals surface area contributed by atoms with Gasteiger partial charge < -0.3 is 19.4 Å². The molecule has 1 N–H and O–H groups in total. The van der Waals surface area contributed by atoms with E-state index in [4.69, 9.17) is 9.47 Å². The molecule has 6 heteroatoms. The van der Waals surface area contributed by atoms with Crippen LogP contribution < -0.4 is 4.74 Å². The van der Waals surface area contributed by atoms with Crippen LogP contribution in [-0.4, -0.2) is 53.7 Å². The van der Waals surface area contributed by atoms with Gasteiger partial charge in [0.25, 0.3) is 5.91 Å². The zero-order valence-electron chi connectivity index (χ0n) is 13.8.